The summed E-state index contributed by atoms with van der Waals surface area (Å²) in [5.74, 6) is 1.71. The standard InChI is InChI=1S/C21H34N6/c1-5-10-27-11-8-21(9-12-27)13-17(21)14-22-20-7-6-19(23-24-20)18-15-25(3)26(4)16(18)2/h6-7,15-17H,5,8-14H2,1-4H3,(H,22,24). The van der Waals surface area contributed by atoms with Gasteiger partial charge in [-0.15, -0.1) is 10.2 Å². The van der Waals surface area contributed by atoms with Crippen molar-refractivity contribution in [2.24, 2.45) is 11.3 Å². The van der Waals surface area contributed by atoms with Gasteiger partial charge in [0.25, 0.3) is 0 Å². The maximum absolute atomic E-state index is 4.47. The minimum atomic E-state index is 0.327. The highest BCUT2D eigenvalue weighted by Crippen LogP contribution is 2.59. The molecular weight excluding hydrogens is 336 g/mol. The van der Waals surface area contributed by atoms with E-state index in [0.717, 1.165) is 24.0 Å². The van der Waals surface area contributed by atoms with E-state index in [1.54, 1.807) is 0 Å². The van der Waals surface area contributed by atoms with Crippen molar-refractivity contribution in [2.75, 3.05) is 45.6 Å². The molecule has 6 nitrogen and oxygen atoms in total. The van der Waals surface area contributed by atoms with Crippen molar-refractivity contribution in [3.8, 4) is 0 Å². The van der Waals surface area contributed by atoms with Crippen LogP contribution in [0.1, 0.15) is 45.2 Å². The molecule has 2 aliphatic heterocycles. The molecular formula is C21H34N6. The van der Waals surface area contributed by atoms with E-state index in [9.17, 15) is 0 Å². The fourth-order valence-electron chi connectivity index (χ4n) is 4.83. The maximum Gasteiger partial charge on any atom is 0.148 e. The second kappa shape index (κ2) is 7.40. The molecule has 0 aromatic carbocycles. The number of nitrogens with zero attached hydrogens (tertiary/aromatic N) is 5. The smallest absolute Gasteiger partial charge is 0.148 e. The average molecular weight is 371 g/mol. The molecule has 0 bridgehead atoms. The van der Waals surface area contributed by atoms with Crippen LogP contribution in [0.25, 0.3) is 5.57 Å². The molecule has 4 rings (SSSR count). The van der Waals surface area contributed by atoms with Crippen LogP contribution in [-0.2, 0) is 0 Å². The van der Waals surface area contributed by atoms with E-state index >= 15 is 0 Å². The van der Waals surface area contributed by atoms with Crippen LogP contribution in [-0.4, -0.2) is 71.4 Å². The number of rotatable bonds is 6. The Balaban J connectivity index is 1.28. The molecule has 1 aliphatic carbocycles. The van der Waals surface area contributed by atoms with Gasteiger partial charge in [-0.3, -0.25) is 0 Å². The Bertz CT molecular complexity index is 676. The second-order valence-electron chi connectivity index (χ2n) is 8.70. The second-order valence-corrected chi connectivity index (χ2v) is 8.70. The van der Waals surface area contributed by atoms with Crippen LogP contribution in [0.5, 0.6) is 0 Å². The summed E-state index contributed by atoms with van der Waals surface area (Å²) in [4.78, 5) is 2.63. The van der Waals surface area contributed by atoms with Gasteiger partial charge in [-0.05, 0) is 75.7 Å². The third-order valence-corrected chi connectivity index (χ3v) is 7.07. The molecule has 1 N–H and O–H groups in total. The zero-order chi connectivity index (χ0) is 19.0. The quantitative estimate of drug-likeness (QED) is 0.831. The largest absolute Gasteiger partial charge is 0.368 e. The van der Waals surface area contributed by atoms with Gasteiger partial charge in [0.2, 0.25) is 0 Å². The number of nitrogens with one attached hydrogen (secondary N) is 1. The third kappa shape index (κ3) is 3.69. The van der Waals surface area contributed by atoms with E-state index in [2.05, 4.69) is 76.7 Å². The van der Waals surface area contributed by atoms with Gasteiger partial charge in [-0.1, -0.05) is 6.92 Å². The summed E-state index contributed by atoms with van der Waals surface area (Å²) in [6.07, 6.45) is 7.54. The fraction of sp³-hybridized carbons (Fsp3) is 0.714. The summed E-state index contributed by atoms with van der Waals surface area (Å²) < 4.78 is 0. The lowest BCUT2D eigenvalue weighted by Gasteiger charge is -2.32. The van der Waals surface area contributed by atoms with Gasteiger partial charge in [-0.2, -0.15) is 0 Å². The molecule has 3 heterocycles. The summed E-state index contributed by atoms with van der Waals surface area (Å²) in [5.41, 5.74) is 2.80. The van der Waals surface area contributed by atoms with Crippen LogP contribution in [0.3, 0.4) is 0 Å². The number of likely N-dealkylation sites (tertiary alicyclic amines) is 1. The Kier molecular flexibility index (Phi) is 5.12. The molecule has 1 aromatic rings. The Morgan fingerprint density at radius 2 is 1.96 bits per heavy atom. The molecule has 2 unspecified atom stereocenters. The average Bonchev–Trinajstić information content (AvgIpc) is 3.30. The predicted molar refractivity (Wildman–Crippen MR) is 110 cm³/mol. The molecule has 2 atom stereocenters. The number of likely N-dealkylation sites (N-methyl/N-ethyl adjacent to an activating group) is 1. The van der Waals surface area contributed by atoms with Gasteiger partial charge < -0.3 is 15.2 Å². The van der Waals surface area contributed by atoms with Crippen LogP contribution < -0.4 is 5.32 Å². The maximum atomic E-state index is 4.47. The first-order valence-electron chi connectivity index (χ1n) is 10.5. The minimum absolute atomic E-state index is 0.327. The number of hydrazine groups is 1. The summed E-state index contributed by atoms with van der Waals surface area (Å²) >= 11 is 0. The lowest BCUT2D eigenvalue weighted by molar-refractivity contribution is 0.0823. The summed E-state index contributed by atoms with van der Waals surface area (Å²) in [6.45, 7) is 9.35. The van der Waals surface area contributed by atoms with E-state index in [0.29, 0.717) is 11.5 Å². The van der Waals surface area contributed by atoms with Gasteiger partial charge in [0.1, 0.15) is 5.82 Å². The van der Waals surface area contributed by atoms with Crippen molar-refractivity contribution in [1.29, 1.82) is 0 Å². The number of piperidine rings is 1. The monoisotopic (exact) mass is 370 g/mol. The topological polar surface area (TPSA) is 47.5 Å². The van der Waals surface area contributed by atoms with Crippen LogP contribution in [0.2, 0.25) is 0 Å². The van der Waals surface area contributed by atoms with Gasteiger partial charge in [0.15, 0.2) is 0 Å². The first-order valence-corrected chi connectivity index (χ1v) is 10.5. The van der Waals surface area contributed by atoms with Gasteiger partial charge in [0.05, 0.1) is 11.7 Å². The minimum Gasteiger partial charge on any atom is -0.368 e. The molecule has 0 amide bonds. The lowest BCUT2D eigenvalue weighted by atomic mass is 9.90. The molecule has 1 saturated carbocycles. The summed E-state index contributed by atoms with van der Waals surface area (Å²) in [7, 11) is 4.15. The predicted octanol–water partition coefficient (Wildman–Crippen LogP) is 2.92. The van der Waals surface area contributed by atoms with E-state index in [1.165, 1.54) is 50.9 Å². The third-order valence-electron chi connectivity index (χ3n) is 7.07. The van der Waals surface area contributed by atoms with E-state index in [1.807, 2.05) is 0 Å². The Morgan fingerprint density at radius 3 is 2.56 bits per heavy atom. The summed E-state index contributed by atoms with van der Waals surface area (Å²) in [6, 6.07) is 4.50. The number of hydrogen-bond donors (Lipinski definition) is 1. The molecule has 148 valence electrons. The molecule has 1 spiro atoms. The SMILES string of the molecule is CCCN1CCC2(CC1)CC2CNc1ccc(C2=CN(C)N(C)C2C)nn1. The Morgan fingerprint density at radius 1 is 1.19 bits per heavy atom. The first-order chi connectivity index (χ1) is 13.0. The van der Waals surface area contributed by atoms with Crippen molar-refractivity contribution >= 4 is 11.4 Å². The van der Waals surface area contributed by atoms with E-state index in [-0.39, 0.29) is 0 Å². The van der Waals surface area contributed by atoms with Crippen LogP contribution in [0, 0.1) is 11.3 Å². The molecule has 27 heavy (non-hydrogen) atoms. The van der Waals surface area contributed by atoms with Crippen molar-refractivity contribution < 1.29 is 0 Å². The highest BCUT2D eigenvalue weighted by atomic mass is 15.6. The summed E-state index contributed by atoms with van der Waals surface area (Å²) in [5, 5.41) is 16.7. The zero-order valence-electron chi connectivity index (χ0n) is 17.3. The van der Waals surface area contributed by atoms with Crippen molar-refractivity contribution in [2.45, 2.75) is 45.6 Å². The van der Waals surface area contributed by atoms with Crippen molar-refractivity contribution in [3.05, 3.63) is 24.0 Å². The lowest BCUT2D eigenvalue weighted by Crippen LogP contribution is -2.36. The van der Waals surface area contributed by atoms with Crippen LogP contribution in [0.4, 0.5) is 5.82 Å². The fourth-order valence-corrected chi connectivity index (χ4v) is 4.83. The zero-order valence-corrected chi connectivity index (χ0v) is 17.3. The number of aromatic nitrogens is 2. The number of anilines is 1. The van der Waals surface area contributed by atoms with Crippen LogP contribution >= 0.6 is 0 Å². The highest BCUT2D eigenvalue weighted by Gasteiger charge is 2.54. The number of hydrogen-bond acceptors (Lipinski definition) is 6. The normalized spacial score (nSPS) is 27.9. The molecule has 6 heteroatoms. The molecule has 3 aliphatic rings. The first kappa shape index (κ1) is 18.7. The molecule has 0 radical (unpaired) electrons. The van der Waals surface area contributed by atoms with Gasteiger partial charge in [-0.25, -0.2) is 5.01 Å². The highest BCUT2D eigenvalue weighted by molar-refractivity contribution is 5.68. The molecule has 2 fully saturated rings. The van der Waals surface area contributed by atoms with Crippen molar-refractivity contribution in [3.63, 3.8) is 0 Å². The van der Waals surface area contributed by atoms with E-state index in [4.69, 9.17) is 0 Å². The molecule has 1 saturated heterocycles. The van der Waals surface area contributed by atoms with Crippen LogP contribution in [0.15, 0.2) is 18.3 Å². The van der Waals surface area contributed by atoms with Gasteiger partial charge >= 0.3 is 0 Å². The van der Waals surface area contributed by atoms with Crippen molar-refractivity contribution in [1.82, 2.24) is 25.1 Å². The molecule has 1 aromatic heterocycles. The Hall–Kier alpha value is -1.66. The van der Waals surface area contributed by atoms with E-state index < -0.39 is 0 Å². The van der Waals surface area contributed by atoms with Gasteiger partial charge in [0, 0.05) is 32.4 Å². The Labute approximate surface area is 163 Å².